The second-order valence-electron chi connectivity index (χ2n) is 3.59. The zero-order chi connectivity index (χ0) is 12.1. The summed E-state index contributed by atoms with van der Waals surface area (Å²) in [5.74, 6) is 0.862. The van der Waals surface area contributed by atoms with E-state index in [2.05, 4.69) is 12.1 Å². The van der Waals surface area contributed by atoms with Gasteiger partial charge in [-0.15, -0.1) is 0 Å². The van der Waals surface area contributed by atoms with Gasteiger partial charge in [0.15, 0.2) is 0 Å². The molecule has 0 unspecified atom stereocenters. The minimum Gasteiger partial charge on any atom is -0.497 e. The number of benzene rings is 2. The average Bonchev–Trinajstić information content (AvgIpc) is 2.40. The molecule has 0 heterocycles. The molecule has 0 radical (unpaired) electrons. The molecule has 88 valence electrons. The lowest BCUT2D eigenvalue weighted by Gasteiger charge is -2.09. The van der Waals surface area contributed by atoms with Crippen molar-refractivity contribution in [2.75, 3.05) is 7.11 Å². The summed E-state index contributed by atoms with van der Waals surface area (Å²) in [6.45, 7) is 0.541. The van der Waals surface area contributed by atoms with E-state index in [-0.39, 0.29) is 0 Å². The topological polar surface area (TPSA) is 35.2 Å². The van der Waals surface area contributed by atoms with Gasteiger partial charge in [0.1, 0.15) is 5.75 Å². The van der Waals surface area contributed by atoms with E-state index in [4.69, 9.17) is 10.5 Å². The summed E-state index contributed by atoms with van der Waals surface area (Å²) in [5.41, 5.74) is 6.88. The van der Waals surface area contributed by atoms with Gasteiger partial charge < -0.3 is 10.5 Å². The Bertz CT molecular complexity index is 485. The molecule has 3 heteroatoms. The van der Waals surface area contributed by atoms with Gasteiger partial charge in [-0.25, -0.2) is 0 Å². The van der Waals surface area contributed by atoms with Crippen LogP contribution in [-0.2, 0) is 6.54 Å². The fraction of sp³-hybridized carbons (Fsp3) is 0.143. The molecule has 2 N–H and O–H groups in total. The standard InChI is InChI=1S/C14H15NOS/c1-16-12-8-7-11(10-15)14(9-12)17-13-5-3-2-4-6-13/h2-9H,10,15H2,1H3. The van der Waals surface area contributed by atoms with Crippen LogP contribution in [0.25, 0.3) is 0 Å². The lowest BCUT2D eigenvalue weighted by atomic mass is 10.2. The zero-order valence-corrected chi connectivity index (χ0v) is 10.5. The van der Waals surface area contributed by atoms with E-state index in [1.807, 2.05) is 36.4 Å². The summed E-state index contributed by atoms with van der Waals surface area (Å²) in [4.78, 5) is 2.36. The largest absolute Gasteiger partial charge is 0.497 e. The summed E-state index contributed by atoms with van der Waals surface area (Å²) < 4.78 is 5.24. The van der Waals surface area contributed by atoms with Crippen LogP contribution < -0.4 is 10.5 Å². The molecule has 0 aliphatic rings. The molecule has 0 saturated carbocycles. The van der Waals surface area contributed by atoms with Crippen LogP contribution in [-0.4, -0.2) is 7.11 Å². The summed E-state index contributed by atoms with van der Waals surface area (Å²) in [5, 5.41) is 0. The minimum atomic E-state index is 0.541. The average molecular weight is 245 g/mol. The third kappa shape index (κ3) is 3.02. The Morgan fingerprint density at radius 1 is 1.12 bits per heavy atom. The molecule has 0 aromatic heterocycles. The summed E-state index contributed by atoms with van der Waals surface area (Å²) in [6.07, 6.45) is 0. The van der Waals surface area contributed by atoms with Crippen molar-refractivity contribution < 1.29 is 4.74 Å². The monoisotopic (exact) mass is 245 g/mol. The maximum absolute atomic E-state index is 5.74. The molecular weight excluding hydrogens is 230 g/mol. The number of nitrogens with two attached hydrogens (primary N) is 1. The van der Waals surface area contributed by atoms with Gasteiger partial charge in [-0.05, 0) is 29.8 Å². The first-order valence-corrected chi connectivity index (χ1v) is 6.25. The molecular formula is C14H15NOS. The van der Waals surface area contributed by atoms with Gasteiger partial charge in [-0.1, -0.05) is 36.0 Å². The Kier molecular flexibility index (Phi) is 4.07. The predicted octanol–water partition coefficient (Wildman–Crippen LogP) is 3.31. The maximum Gasteiger partial charge on any atom is 0.120 e. The molecule has 0 spiro atoms. The third-order valence-corrected chi connectivity index (χ3v) is 3.57. The molecule has 2 aromatic carbocycles. The van der Waals surface area contributed by atoms with Gasteiger partial charge in [0.05, 0.1) is 7.11 Å². The lowest BCUT2D eigenvalue weighted by molar-refractivity contribution is 0.413. The number of ether oxygens (including phenoxy) is 1. The minimum absolute atomic E-state index is 0.541. The Balaban J connectivity index is 2.30. The van der Waals surface area contributed by atoms with Crippen LogP contribution in [0, 0.1) is 0 Å². The smallest absolute Gasteiger partial charge is 0.120 e. The molecule has 0 aliphatic heterocycles. The SMILES string of the molecule is COc1ccc(CN)c(Sc2ccccc2)c1. The van der Waals surface area contributed by atoms with Gasteiger partial charge in [0.25, 0.3) is 0 Å². The Hall–Kier alpha value is -1.45. The molecule has 0 fully saturated rings. The predicted molar refractivity (Wildman–Crippen MR) is 71.5 cm³/mol. The number of hydrogen-bond donors (Lipinski definition) is 1. The molecule has 0 bridgehead atoms. The highest BCUT2D eigenvalue weighted by molar-refractivity contribution is 7.99. The van der Waals surface area contributed by atoms with Crippen molar-refractivity contribution in [2.45, 2.75) is 16.3 Å². The molecule has 0 amide bonds. The van der Waals surface area contributed by atoms with Crippen molar-refractivity contribution in [1.29, 1.82) is 0 Å². The number of hydrogen-bond acceptors (Lipinski definition) is 3. The fourth-order valence-corrected chi connectivity index (χ4v) is 2.55. The van der Waals surface area contributed by atoms with Crippen LogP contribution in [0.1, 0.15) is 5.56 Å². The number of methoxy groups -OCH3 is 1. The van der Waals surface area contributed by atoms with E-state index in [9.17, 15) is 0 Å². The van der Waals surface area contributed by atoms with E-state index < -0.39 is 0 Å². The highest BCUT2D eigenvalue weighted by Crippen LogP contribution is 2.32. The van der Waals surface area contributed by atoms with Crippen LogP contribution in [0.4, 0.5) is 0 Å². The van der Waals surface area contributed by atoms with Crippen LogP contribution >= 0.6 is 11.8 Å². The summed E-state index contributed by atoms with van der Waals surface area (Å²) >= 11 is 1.71. The first kappa shape index (κ1) is 12.0. The molecule has 0 aliphatic carbocycles. The fourth-order valence-electron chi connectivity index (χ4n) is 1.54. The van der Waals surface area contributed by atoms with Crippen LogP contribution in [0.15, 0.2) is 58.3 Å². The van der Waals surface area contributed by atoms with Crippen molar-refractivity contribution >= 4 is 11.8 Å². The molecule has 2 rings (SSSR count). The molecule has 2 aromatic rings. The van der Waals surface area contributed by atoms with E-state index in [1.54, 1.807) is 18.9 Å². The Labute approximate surface area is 106 Å². The van der Waals surface area contributed by atoms with Crippen LogP contribution in [0.2, 0.25) is 0 Å². The summed E-state index contributed by atoms with van der Waals surface area (Å²) in [7, 11) is 1.68. The van der Waals surface area contributed by atoms with Crippen molar-refractivity contribution in [2.24, 2.45) is 5.73 Å². The van der Waals surface area contributed by atoms with Gasteiger partial charge in [-0.2, -0.15) is 0 Å². The quantitative estimate of drug-likeness (QED) is 0.897. The number of rotatable bonds is 4. The van der Waals surface area contributed by atoms with Gasteiger partial charge >= 0.3 is 0 Å². The second-order valence-corrected chi connectivity index (χ2v) is 4.71. The maximum atomic E-state index is 5.74. The van der Waals surface area contributed by atoms with E-state index in [1.165, 1.54) is 4.90 Å². The molecule has 2 nitrogen and oxygen atoms in total. The Morgan fingerprint density at radius 3 is 2.53 bits per heavy atom. The van der Waals surface area contributed by atoms with Gasteiger partial charge in [0, 0.05) is 16.3 Å². The van der Waals surface area contributed by atoms with Crippen LogP contribution in [0.3, 0.4) is 0 Å². The van der Waals surface area contributed by atoms with Crippen LogP contribution in [0.5, 0.6) is 5.75 Å². The van der Waals surface area contributed by atoms with E-state index >= 15 is 0 Å². The lowest BCUT2D eigenvalue weighted by Crippen LogP contribution is -1.98. The highest BCUT2D eigenvalue weighted by Gasteiger charge is 2.05. The third-order valence-electron chi connectivity index (χ3n) is 2.47. The Morgan fingerprint density at radius 2 is 1.88 bits per heavy atom. The zero-order valence-electron chi connectivity index (χ0n) is 9.72. The first-order chi connectivity index (χ1) is 8.33. The normalized spacial score (nSPS) is 10.2. The van der Waals surface area contributed by atoms with Gasteiger partial charge in [-0.3, -0.25) is 0 Å². The molecule has 17 heavy (non-hydrogen) atoms. The van der Waals surface area contributed by atoms with E-state index in [0.29, 0.717) is 6.54 Å². The highest BCUT2D eigenvalue weighted by atomic mass is 32.2. The first-order valence-electron chi connectivity index (χ1n) is 5.43. The second kappa shape index (κ2) is 5.75. The van der Waals surface area contributed by atoms with Crippen molar-refractivity contribution in [3.63, 3.8) is 0 Å². The van der Waals surface area contributed by atoms with Crippen molar-refractivity contribution in [3.8, 4) is 5.75 Å². The van der Waals surface area contributed by atoms with Crippen molar-refractivity contribution in [3.05, 3.63) is 54.1 Å². The van der Waals surface area contributed by atoms with E-state index in [0.717, 1.165) is 16.2 Å². The summed E-state index contributed by atoms with van der Waals surface area (Å²) in [6, 6.07) is 16.2. The van der Waals surface area contributed by atoms with Crippen molar-refractivity contribution in [1.82, 2.24) is 0 Å². The molecule has 0 atom stereocenters. The molecule has 0 saturated heterocycles. The van der Waals surface area contributed by atoms with Gasteiger partial charge in [0.2, 0.25) is 0 Å².